The number of aromatic nitrogens is 1. The molecule has 0 bridgehead atoms. The molecule has 0 aliphatic carbocycles. The Hall–Kier alpha value is -0.540. The second kappa shape index (κ2) is 4.80. The summed E-state index contributed by atoms with van der Waals surface area (Å²) in [7, 11) is 0. The molecular formula is C11H16N2S. The van der Waals surface area contributed by atoms with Gasteiger partial charge in [-0.05, 0) is 42.0 Å². The lowest BCUT2D eigenvalue weighted by molar-refractivity contribution is 0.475. The van der Waals surface area contributed by atoms with Gasteiger partial charge in [0.25, 0.3) is 0 Å². The van der Waals surface area contributed by atoms with Crippen LogP contribution < -0.4 is 5.73 Å². The molecule has 1 fully saturated rings. The van der Waals surface area contributed by atoms with Gasteiger partial charge in [0.05, 0.1) is 0 Å². The van der Waals surface area contributed by atoms with Gasteiger partial charge in [-0.1, -0.05) is 6.07 Å². The van der Waals surface area contributed by atoms with E-state index in [1.807, 2.05) is 30.2 Å². The maximum absolute atomic E-state index is 5.85. The molecule has 1 aliphatic rings. The third-order valence-electron chi connectivity index (χ3n) is 2.90. The Labute approximate surface area is 89.3 Å². The van der Waals surface area contributed by atoms with Crippen molar-refractivity contribution in [2.45, 2.75) is 12.3 Å². The first-order valence-electron chi connectivity index (χ1n) is 5.09. The van der Waals surface area contributed by atoms with Crippen LogP contribution in [-0.2, 0) is 0 Å². The topological polar surface area (TPSA) is 38.9 Å². The Kier molecular flexibility index (Phi) is 3.43. The van der Waals surface area contributed by atoms with Gasteiger partial charge in [0.1, 0.15) is 0 Å². The van der Waals surface area contributed by atoms with Crippen LogP contribution in [0.5, 0.6) is 0 Å². The molecule has 1 saturated heterocycles. The van der Waals surface area contributed by atoms with Crippen LogP contribution >= 0.6 is 11.8 Å². The monoisotopic (exact) mass is 208 g/mol. The predicted octanol–water partition coefficient (Wildman–Crippen LogP) is 1.88. The van der Waals surface area contributed by atoms with Crippen molar-refractivity contribution < 1.29 is 0 Å². The molecule has 2 atom stereocenters. The van der Waals surface area contributed by atoms with Gasteiger partial charge in [-0.2, -0.15) is 11.8 Å². The van der Waals surface area contributed by atoms with Gasteiger partial charge in [0.2, 0.25) is 0 Å². The van der Waals surface area contributed by atoms with E-state index in [0.29, 0.717) is 5.92 Å². The second-order valence-electron chi connectivity index (χ2n) is 3.75. The Balaban J connectivity index is 2.12. The molecule has 1 aromatic rings. The average Bonchev–Trinajstić information content (AvgIpc) is 2.74. The van der Waals surface area contributed by atoms with Crippen molar-refractivity contribution in [2.75, 3.05) is 18.1 Å². The van der Waals surface area contributed by atoms with E-state index in [1.165, 1.54) is 23.5 Å². The number of rotatable bonds is 3. The highest BCUT2D eigenvalue weighted by molar-refractivity contribution is 7.99. The van der Waals surface area contributed by atoms with Crippen LogP contribution in [0.4, 0.5) is 0 Å². The molecule has 2 unspecified atom stereocenters. The normalized spacial score (nSPS) is 23.6. The zero-order valence-corrected chi connectivity index (χ0v) is 9.04. The molecule has 0 amide bonds. The molecule has 76 valence electrons. The summed E-state index contributed by atoms with van der Waals surface area (Å²) in [5, 5.41) is 0. The largest absolute Gasteiger partial charge is 0.330 e. The summed E-state index contributed by atoms with van der Waals surface area (Å²) in [6, 6.07) is 4.15. The number of nitrogens with zero attached hydrogens (tertiary/aromatic N) is 1. The highest BCUT2D eigenvalue weighted by Crippen LogP contribution is 2.34. The van der Waals surface area contributed by atoms with Gasteiger partial charge in [0.15, 0.2) is 0 Å². The quantitative estimate of drug-likeness (QED) is 0.824. The lowest BCUT2D eigenvalue weighted by Gasteiger charge is -2.20. The molecule has 1 aliphatic heterocycles. The lowest BCUT2D eigenvalue weighted by atomic mass is 9.86. The van der Waals surface area contributed by atoms with Gasteiger partial charge in [0, 0.05) is 18.3 Å². The van der Waals surface area contributed by atoms with Crippen LogP contribution in [0.3, 0.4) is 0 Å². The highest BCUT2D eigenvalue weighted by atomic mass is 32.2. The molecule has 2 heterocycles. The van der Waals surface area contributed by atoms with Gasteiger partial charge in [-0.3, -0.25) is 4.98 Å². The summed E-state index contributed by atoms with van der Waals surface area (Å²) in [5.74, 6) is 3.82. The number of pyridine rings is 1. The summed E-state index contributed by atoms with van der Waals surface area (Å²) in [4.78, 5) is 4.16. The summed E-state index contributed by atoms with van der Waals surface area (Å²) < 4.78 is 0. The van der Waals surface area contributed by atoms with E-state index in [9.17, 15) is 0 Å². The summed E-state index contributed by atoms with van der Waals surface area (Å²) in [5.41, 5.74) is 7.16. The van der Waals surface area contributed by atoms with Crippen molar-refractivity contribution in [1.82, 2.24) is 4.98 Å². The first kappa shape index (κ1) is 9.99. The summed E-state index contributed by atoms with van der Waals surface area (Å²) >= 11 is 2.04. The van der Waals surface area contributed by atoms with E-state index >= 15 is 0 Å². The van der Waals surface area contributed by atoms with Crippen molar-refractivity contribution in [1.29, 1.82) is 0 Å². The maximum Gasteiger partial charge on any atom is 0.0303 e. The van der Waals surface area contributed by atoms with Gasteiger partial charge in [-0.25, -0.2) is 0 Å². The molecule has 2 nitrogen and oxygen atoms in total. The molecule has 1 aromatic heterocycles. The number of hydrogen-bond donors (Lipinski definition) is 1. The van der Waals surface area contributed by atoms with E-state index < -0.39 is 0 Å². The zero-order valence-electron chi connectivity index (χ0n) is 8.23. The first-order valence-corrected chi connectivity index (χ1v) is 6.25. The Bertz CT molecular complexity index is 270. The zero-order chi connectivity index (χ0) is 9.80. The smallest absolute Gasteiger partial charge is 0.0303 e. The first-order chi connectivity index (χ1) is 6.92. The fraction of sp³-hybridized carbons (Fsp3) is 0.545. The average molecular weight is 208 g/mol. The number of nitrogens with two attached hydrogens (primary N) is 1. The molecule has 14 heavy (non-hydrogen) atoms. The molecule has 0 aromatic carbocycles. The van der Waals surface area contributed by atoms with Crippen LogP contribution in [-0.4, -0.2) is 23.0 Å². The molecular weight excluding hydrogens is 192 g/mol. The minimum absolute atomic E-state index is 0.513. The van der Waals surface area contributed by atoms with Crippen LogP contribution in [0, 0.1) is 5.92 Å². The summed E-state index contributed by atoms with van der Waals surface area (Å²) in [6.07, 6.45) is 5.09. The third-order valence-corrected chi connectivity index (χ3v) is 4.09. The van der Waals surface area contributed by atoms with Crippen molar-refractivity contribution in [3.63, 3.8) is 0 Å². The molecule has 3 heteroatoms. The van der Waals surface area contributed by atoms with E-state index in [1.54, 1.807) is 0 Å². The molecule has 0 saturated carbocycles. The van der Waals surface area contributed by atoms with Crippen LogP contribution in [0.15, 0.2) is 24.5 Å². The predicted molar refractivity (Wildman–Crippen MR) is 61.5 cm³/mol. The SMILES string of the molecule is NCC(c1cccnc1)C1CCSC1. The van der Waals surface area contributed by atoms with Crippen molar-refractivity contribution in [3.05, 3.63) is 30.1 Å². The van der Waals surface area contributed by atoms with E-state index in [-0.39, 0.29) is 0 Å². The van der Waals surface area contributed by atoms with Crippen molar-refractivity contribution in [2.24, 2.45) is 11.7 Å². The van der Waals surface area contributed by atoms with Gasteiger partial charge in [-0.15, -0.1) is 0 Å². The molecule has 0 radical (unpaired) electrons. The fourth-order valence-electron chi connectivity index (χ4n) is 2.07. The molecule has 2 N–H and O–H groups in total. The third kappa shape index (κ3) is 2.10. The molecule has 2 rings (SSSR count). The van der Waals surface area contributed by atoms with E-state index in [0.717, 1.165) is 12.5 Å². The van der Waals surface area contributed by atoms with Crippen LogP contribution in [0.1, 0.15) is 17.9 Å². The minimum Gasteiger partial charge on any atom is -0.330 e. The fourth-order valence-corrected chi connectivity index (χ4v) is 3.40. The standard InChI is InChI=1S/C11H16N2S/c12-6-11(10-3-5-14-8-10)9-2-1-4-13-7-9/h1-2,4,7,10-11H,3,5-6,8,12H2. The Morgan fingerprint density at radius 1 is 1.64 bits per heavy atom. The lowest BCUT2D eigenvalue weighted by Crippen LogP contribution is -2.21. The van der Waals surface area contributed by atoms with Crippen molar-refractivity contribution in [3.8, 4) is 0 Å². The van der Waals surface area contributed by atoms with Crippen LogP contribution in [0.2, 0.25) is 0 Å². The maximum atomic E-state index is 5.85. The van der Waals surface area contributed by atoms with Crippen molar-refractivity contribution >= 4 is 11.8 Å². The highest BCUT2D eigenvalue weighted by Gasteiger charge is 2.25. The number of hydrogen-bond acceptors (Lipinski definition) is 3. The molecule has 0 spiro atoms. The Morgan fingerprint density at radius 3 is 3.14 bits per heavy atom. The second-order valence-corrected chi connectivity index (χ2v) is 4.90. The van der Waals surface area contributed by atoms with E-state index in [2.05, 4.69) is 11.1 Å². The van der Waals surface area contributed by atoms with Crippen LogP contribution in [0.25, 0.3) is 0 Å². The Morgan fingerprint density at radius 2 is 2.57 bits per heavy atom. The van der Waals surface area contributed by atoms with E-state index in [4.69, 9.17) is 5.73 Å². The summed E-state index contributed by atoms with van der Waals surface area (Å²) in [6.45, 7) is 0.747. The van der Waals surface area contributed by atoms with Gasteiger partial charge >= 0.3 is 0 Å². The van der Waals surface area contributed by atoms with Gasteiger partial charge < -0.3 is 5.73 Å². The number of thioether (sulfide) groups is 1. The minimum atomic E-state index is 0.513.